The number of aliphatic imine (C=N–C) groups is 1. The van der Waals surface area contributed by atoms with Gasteiger partial charge in [0.1, 0.15) is 5.75 Å². The average Bonchev–Trinajstić information content (AvgIpc) is 2.66. The third-order valence-electron chi connectivity index (χ3n) is 4.68. The highest BCUT2D eigenvalue weighted by molar-refractivity contribution is 14.0. The Morgan fingerprint density at radius 1 is 1.15 bits per heavy atom. The Morgan fingerprint density at radius 2 is 2.00 bits per heavy atom. The van der Waals surface area contributed by atoms with Gasteiger partial charge in [-0.05, 0) is 55.0 Å². The molecule has 1 aliphatic carbocycles. The number of hydrogen-bond acceptors (Lipinski definition) is 3. The van der Waals surface area contributed by atoms with Gasteiger partial charge in [-0.25, -0.2) is 0 Å². The molecule has 0 aliphatic heterocycles. The Balaban J connectivity index is 0.00000243. The Morgan fingerprint density at radius 3 is 2.77 bits per heavy atom. The topological polar surface area (TPSA) is 69.5 Å². The summed E-state index contributed by atoms with van der Waals surface area (Å²) in [6.07, 6.45) is 7.24. The van der Waals surface area contributed by atoms with Crippen molar-refractivity contribution >= 4 is 29.9 Å². The minimum atomic E-state index is 0. The van der Waals surface area contributed by atoms with Crippen molar-refractivity contribution in [2.45, 2.75) is 38.6 Å². The van der Waals surface area contributed by atoms with E-state index in [0.29, 0.717) is 12.3 Å². The van der Waals surface area contributed by atoms with Gasteiger partial charge in [0.05, 0.1) is 0 Å². The van der Waals surface area contributed by atoms with Crippen molar-refractivity contribution in [2.24, 2.45) is 4.99 Å². The molecule has 6 heteroatoms. The van der Waals surface area contributed by atoms with E-state index in [1.807, 2.05) is 30.5 Å². The number of fused-ring (bicyclic) bond motifs is 1. The fourth-order valence-corrected chi connectivity index (χ4v) is 3.34. The van der Waals surface area contributed by atoms with Crippen LogP contribution in [0.2, 0.25) is 0 Å². The molecule has 1 heterocycles. The predicted octanol–water partition coefficient (Wildman–Crippen LogP) is 3.19. The first-order valence-corrected chi connectivity index (χ1v) is 8.95. The lowest BCUT2D eigenvalue weighted by Gasteiger charge is -2.21. The Hall–Kier alpha value is -1.83. The van der Waals surface area contributed by atoms with Crippen molar-refractivity contribution in [2.75, 3.05) is 13.6 Å². The smallest absolute Gasteiger partial charge is 0.191 e. The predicted molar refractivity (Wildman–Crippen MR) is 116 cm³/mol. The summed E-state index contributed by atoms with van der Waals surface area (Å²) in [5.74, 6) is 1.11. The van der Waals surface area contributed by atoms with Crippen LogP contribution in [0.4, 0.5) is 0 Å². The van der Waals surface area contributed by atoms with Crippen LogP contribution < -0.4 is 10.6 Å². The fourth-order valence-electron chi connectivity index (χ4n) is 3.34. The Kier molecular flexibility index (Phi) is 8.15. The number of rotatable bonds is 5. The van der Waals surface area contributed by atoms with E-state index < -0.39 is 0 Å². The van der Waals surface area contributed by atoms with Crippen molar-refractivity contribution in [3.63, 3.8) is 0 Å². The fraction of sp³-hybridized carbons (Fsp3) is 0.400. The van der Waals surface area contributed by atoms with Crippen LogP contribution in [0.15, 0.2) is 41.5 Å². The number of phenolic OH excluding ortho intramolecular Hbond substituents is 1. The molecule has 0 saturated heterocycles. The average molecular weight is 466 g/mol. The highest BCUT2D eigenvalue weighted by Gasteiger charge is 2.16. The van der Waals surface area contributed by atoms with Gasteiger partial charge >= 0.3 is 0 Å². The molecule has 1 aromatic heterocycles. The van der Waals surface area contributed by atoms with E-state index in [9.17, 15) is 5.11 Å². The number of pyridine rings is 1. The molecule has 1 aliphatic rings. The number of benzene rings is 1. The number of nitrogens with one attached hydrogen (secondary N) is 2. The second kappa shape index (κ2) is 10.4. The summed E-state index contributed by atoms with van der Waals surface area (Å²) < 4.78 is 0. The standard InChI is InChI=1S/C20H26N4O.HI/c1-21-20(23-13-11-16-7-4-5-12-22-16)24-14-18-17-8-3-2-6-15(17)9-10-19(18)25;/h4-5,7,9-10,12,25H,2-3,6,8,11,13-14H2,1H3,(H2,21,23,24);1H. The van der Waals surface area contributed by atoms with Crippen molar-refractivity contribution in [1.29, 1.82) is 0 Å². The zero-order chi connectivity index (χ0) is 17.5. The molecule has 0 fully saturated rings. The second-order valence-electron chi connectivity index (χ2n) is 6.33. The van der Waals surface area contributed by atoms with Gasteiger partial charge in [0.15, 0.2) is 5.96 Å². The van der Waals surface area contributed by atoms with Crippen molar-refractivity contribution in [3.8, 4) is 5.75 Å². The van der Waals surface area contributed by atoms with E-state index in [0.717, 1.165) is 43.0 Å². The third kappa shape index (κ3) is 5.33. The first-order valence-electron chi connectivity index (χ1n) is 8.95. The third-order valence-corrected chi connectivity index (χ3v) is 4.68. The summed E-state index contributed by atoms with van der Waals surface area (Å²) in [6.45, 7) is 1.34. The monoisotopic (exact) mass is 466 g/mol. The van der Waals surface area contributed by atoms with E-state index in [1.54, 1.807) is 7.05 Å². The van der Waals surface area contributed by atoms with Gasteiger partial charge in [0.25, 0.3) is 0 Å². The lowest BCUT2D eigenvalue weighted by molar-refractivity contribution is 0.464. The zero-order valence-corrected chi connectivity index (χ0v) is 17.5. The molecule has 1 aromatic carbocycles. The summed E-state index contributed by atoms with van der Waals surface area (Å²) >= 11 is 0. The van der Waals surface area contributed by atoms with Gasteiger partial charge in [-0.15, -0.1) is 24.0 Å². The lowest BCUT2D eigenvalue weighted by atomic mass is 9.88. The molecule has 5 nitrogen and oxygen atoms in total. The van der Waals surface area contributed by atoms with Gasteiger partial charge < -0.3 is 15.7 Å². The van der Waals surface area contributed by atoms with Gasteiger partial charge in [-0.1, -0.05) is 12.1 Å². The lowest BCUT2D eigenvalue weighted by Crippen LogP contribution is -2.38. The molecule has 2 aromatic rings. The molecular weight excluding hydrogens is 439 g/mol. The molecule has 26 heavy (non-hydrogen) atoms. The number of phenols is 1. The molecular formula is C20H27IN4O. The van der Waals surface area contributed by atoms with Gasteiger partial charge in [0.2, 0.25) is 0 Å². The number of hydrogen-bond donors (Lipinski definition) is 3. The van der Waals surface area contributed by atoms with E-state index in [2.05, 4.69) is 26.7 Å². The maximum absolute atomic E-state index is 10.3. The summed E-state index contributed by atoms with van der Waals surface area (Å²) in [5.41, 5.74) is 4.74. The molecule has 0 unspecified atom stereocenters. The number of aryl methyl sites for hydroxylation is 1. The maximum Gasteiger partial charge on any atom is 0.191 e. The first-order chi connectivity index (χ1) is 12.3. The molecule has 0 spiro atoms. The van der Waals surface area contributed by atoms with Crippen molar-refractivity contribution < 1.29 is 5.11 Å². The summed E-state index contributed by atoms with van der Waals surface area (Å²) in [4.78, 5) is 8.59. The molecule has 0 bridgehead atoms. The zero-order valence-electron chi connectivity index (χ0n) is 15.2. The molecule has 140 valence electrons. The number of aromatic hydroxyl groups is 1. The minimum Gasteiger partial charge on any atom is -0.508 e. The van der Waals surface area contributed by atoms with E-state index in [1.165, 1.54) is 24.0 Å². The normalized spacial score (nSPS) is 13.5. The Labute approximate surface area is 172 Å². The van der Waals surface area contributed by atoms with Gasteiger partial charge in [-0.2, -0.15) is 0 Å². The van der Waals surface area contributed by atoms with E-state index in [4.69, 9.17) is 0 Å². The summed E-state index contributed by atoms with van der Waals surface area (Å²) in [7, 11) is 1.76. The quantitative estimate of drug-likeness (QED) is 0.360. The number of aromatic nitrogens is 1. The molecule has 3 N–H and O–H groups in total. The largest absolute Gasteiger partial charge is 0.508 e. The van der Waals surface area contributed by atoms with Crippen LogP contribution in [0.1, 0.15) is 35.2 Å². The number of guanidine groups is 1. The Bertz CT molecular complexity index is 734. The molecule has 0 atom stereocenters. The van der Waals surface area contributed by atoms with Crippen LogP contribution in [-0.2, 0) is 25.8 Å². The van der Waals surface area contributed by atoms with Crippen molar-refractivity contribution in [1.82, 2.24) is 15.6 Å². The highest BCUT2D eigenvalue weighted by Crippen LogP contribution is 2.30. The first kappa shape index (κ1) is 20.5. The van der Waals surface area contributed by atoms with Gasteiger partial charge in [-0.3, -0.25) is 9.98 Å². The van der Waals surface area contributed by atoms with E-state index >= 15 is 0 Å². The minimum absolute atomic E-state index is 0. The second-order valence-corrected chi connectivity index (χ2v) is 6.33. The number of nitrogens with zero attached hydrogens (tertiary/aromatic N) is 2. The highest BCUT2D eigenvalue weighted by atomic mass is 127. The SMILES string of the molecule is CN=C(NCCc1ccccn1)NCc1c(O)ccc2c1CCCC2.I. The molecule has 0 radical (unpaired) electrons. The maximum atomic E-state index is 10.3. The van der Waals surface area contributed by atoms with Crippen LogP contribution in [0.3, 0.4) is 0 Å². The van der Waals surface area contributed by atoms with Crippen LogP contribution in [0.25, 0.3) is 0 Å². The van der Waals surface area contributed by atoms with Crippen LogP contribution in [0.5, 0.6) is 5.75 Å². The molecule has 3 rings (SSSR count). The van der Waals surface area contributed by atoms with Crippen molar-refractivity contribution in [3.05, 3.63) is 58.9 Å². The van der Waals surface area contributed by atoms with E-state index in [-0.39, 0.29) is 24.0 Å². The molecule has 0 saturated carbocycles. The van der Waals surface area contributed by atoms with Crippen LogP contribution >= 0.6 is 24.0 Å². The molecule has 0 amide bonds. The number of halogens is 1. The van der Waals surface area contributed by atoms with Gasteiger partial charge in [0, 0.05) is 44.0 Å². The van der Waals surface area contributed by atoms with Crippen LogP contribution in [-0.4, -0.2) is 29.6 Å². The summed E-state index contributed by atoms with van der Waals surface area (Å²) in [6, 6.07) is 9.82. The summed E-state index contributed by atoms with van der Waals surface area (Å²) in [5, 5.41) is 16.9. The van der Waals surface area contributed by atoms with Crippen LogP contribution in [0, 0.1) is 0 Å².